The van der Waals surface area contributed by atoms with Crippen LogP contribution in [0.15, 0.2) is 45.1 Å². The number of hydrogen-bond acceptors (Lipinski definition) is 7. The summed E-state index contributed by atoms with van der Waals surface area (Å²) in [5.74, 6) is 1.78. The summed E-state index contributed by atoms with van der Waals surface area (Å²) in [4.78, 5) is 31.4. The zero-order valence-corrected chi connectivity index (χ0v) is 21.5. The van der Waals surface area contributed by atoms with Gasteiger partial charge in [-0.15, -0.1) is 11.3 Å². The number of rotatable bonds is 6. The Balaban J connectivity index is 1.71. The summed E-state index contributed by atoms with van der Waals surface area (Å²) in [5, 5.41) is 2.90. The number of ether oxygens (including phenoxy) is 1. The van der Waals surface area contributed by atoms with Crippen molar-refractivity contribution in [2.75, 3.05) is 0 Å². The van der Waals surface area contributed by atoms with Gasteiger partial charge < -0.3 is 4.74 Å². The van der Waals surface area contributed by atoms with E-state index in [0.717, 1.165) is 33.3 Å². The van der Waals surface area contributed by atoms with Gasteiger partial charge in [0.15, 0.2) is 0 Å². The molecular weight excluding hydrogens is 502 g/mol. The van der Waals surface area contributed by atoms with Crippen molar-refractivity contribution in [2.24, 2.45) is 0 Å². The van der Waals surface area contributed by atoms with Gasteiger partial charge in [0.05, 0.1) is 22.1 Å². The Bertz CT molecular complexity index is 1380. The second-order valence-corrected chi connectivity index (χ2v) is 9.89. The van der Waals surface area contributed by atoms with Gasteiger partial charge in [-0.05, 0) is 54.4 Å². The van der Waals surface area contributed by atoms with Gasteiger partial charge in [-0.25, -0.2) is 15.0 Å². The maximum absolute atomic E-state index is 13.2. The van der Waals surface area contributed by atoms with Crippen molar-refractivity contribution in [2.45, 2.75) is 47.1 Å². The van der Waals surface area contributed by atoms with E-state index in [-0.39, 0.29) is 28.4 Å². The number of thiazole rings is 1. The van der Waals surface area contributed by atoms with Crippen LogP contribution < -0.4 is 10.3 Å². The van der Waals surface area contributed by atoms with E-state index in [1.54, 1.807) is 22.8 Å². The fourth-order valence-electron chi connectivity index (χ4n) is 3.42. The largest absolute Gasteiger partial charge is 0.470 e. The number of benzene rings is 1. The van der Waals surface area contributed by atoms with Crippen molar-refractivity contribution >= 4 is 27.3 Å². The number of nitrogens with zero attached hydrogens (tertiary/aromatic N) is 5. The molecular formula is C24H24BrN5O2S. The van der Waals surface area contributed by atoms with Crippen LogP contribution in [0.25, 0.3) is 16.9 Å². The summed E-state index contributed by atoms with van der Waals surface area (Å²) in [6, 6.07) is 7.72. The van der Waals surface area contributed by atoms with Crippen molar-refractivity contribution in [1.82, 2.24) is 24.5 Å². The van der Waals surface area contributed by atoms with Crippen LogP contribution in [0.3, 0.4) is 0 Å². The molecule has 170 valence electrons. The van der Waals surface area contributed by atoms with E-state index in [4.69, 9.17) is 9.72 Å². The standard InChI is InChI=1S/C24H24BrN5O2S/c1-13(2)22-26-10-14(3)21(29-22)17-7-6-8-19(9-17)30-15(4)27-23(20(25)24(30)31)32-11-18-12-33-16(5)28-18/h6-10,12-13H,11H2,1-5H3. The third-order valence-electron chi connectivity index (χ3n) is 5.07. The molecule has 33 heavy (non-hydrogen) atoms. The predicted octanol–water partition coefficient (Wildman–Crippen LogP) is 5.54. The molecule has 1 aromatic carbocycles. The topological polar surface area (TPSA) is 82.8 Å². The molecule has 0 amide bonds. The molecule has 0 spiro atoms. The molecule has 0 fully saturated rings. The van der Waals surface area contributed by atoms with Crippen LogP contribution in [0.1, 0.15) is 47.7 Å². The Labute approximate surface area is 204 Å². The third kappa shape index (κ3) is 4.89. The second kappa shape index (κ2) is 9.52. The van der Waals surface area contributed by atoms with E-state index in [0.29, 0.717) is 11.5 Å². The summed E-state index contributed by atoms with van der Waals surface area (Å²) >= 11 is 4.94. The van der Waals surface area contributed by atoms with Gasteiger partial charge in [0.25, 0.3) is 5.56 Å². The SMILES string of the molecule is Cc1nc(COc2nc(C)n(-c3cccc(-c4nc(C(C)C)ncc4C)c3)c(=O)c2Br)cs1. The van der Waals surface area contributed by atoms with Gasteiger partial charge >= 0.3 is 0 Å². The van der Waals surface area contributed by atoms with E-state index in [2.05, 4.69) is 44.7 Å². The fourth-order valence-corrected chi connectivity index (χ4v) is 4.40. The Kier molecular flexibility index (Phi) is 6.71. The van der Waals surface area contributed by atoms with Gasteiger partial charge in [0, 0.05) is 23.1 Å². The van der Waals surface area contributed by atoms with Gasteiger partial charge in [0.2, 0.25) is 5.88 Å². The average molecular weight is 526 g/mol. The maximum atomic E-state index is 13.2. The van der Waals surface area contributed by atoms with Crippen LogP contribution in [0.5, 0.6) is 5.88 Å². The molecule has 4 rings (SSSR count). The molecule has 0 aliphatic heterocycles. The Morgan fingerprint density at radius 3 is 2.64 bits per heavy atom. The first kappa shape index (κ1) is 23.3. The highest BCUT2D eigenvalue weighted by atomic mass is 79.9. The van der Waals surface area contributed by atoms with Crippen molar-refractivity contribution in [1.29, 1.82) is 0 Å². The summed E-state index contributed by atoms with van der Waals surface area (Å²) in [5.41, 5.74) is 4.01. The molecule has 0 bridgehead atoms. The number of aryl methyl sites for hydroxylation is 3. The number of hydrogen-bond donors (Lipinski definition) is 0. The van der Waals surface area contributed by atoms with Crippen LogP contribution in [0.4, 0.5) is 0 Å². The Morgan fingerprint density at radius 1 is 1.15 bits per heavy atom. The van der Waals surface area contributed by atoms with Crippen LogP contribution in [0, 0.1) is 20.8 Å². The van der Waals surface area contributed by atoms with Crippen molar-refractivity contribution < 1.29 is 4.74 Å². The maximum Gasteiger partial charge on any atom is 0.276 e. The minimum atomic E-state index is -0.244. The predicted molar refractivity (Wildman–Crippen MR) is 133 cm³/mol. The molecule has 0 unspecified atom stereocenters. The van der Waals surface area contributed by atoms with Gasteiger partial charge in [-0.2, -0.15) is 4.98 Å². The van der Waals surface area contributed by atoms with E-state index in [1.165, 1.54) is 0 Å². The molecule has 9 heteroatoms. The summed E-state index contributed by atoms with van der Waals surface area (Å²) in [6.07, 6.45) is 1.84. The van der Waals surface area contributed by atoms with Gasteiger partial charge in [-0.1, -0.05) is 26.0 Å². The quantitative estimate of drug-likeness (QED) is 0.328. The number of halogens is 1. The average Bonchev–Trinajstić information content (AvgIpc) is 3.21. The van der Waals surface area contributed by atoms with Crippen LogP contribution in [-0.2, 0) is 6.61 Å². The normalized spacial score (nSPS) is 11.2. The monoisotopic (exact) mass is 525 g/mol. The lowest BCUT2D eigenvalue weighted by atomic mass is 10.1. The smallest absolute Gasteiger partial charge is 0.276 e. The minimum Gasteiger partial charge on any atom is -0.470 e. The van der Waals surface area contributed by atoms with Crippen molar-refractivity contribution in [3.63, 3.8) is 0 Å². The van der Waals surface area contributed by atoms with E-state index >= 15 is 0 Å². The zero-order chi connectivity index (χ0) is 23.7. The highest BCUT2D eigenvalue weighted by Gasteiger charge is 2.17. The fraction of sp³-hybridized carbons (Fsp3) is 0.292. The van der Waals surface area contributed by atoms with Gasteiger partial charge in [-0.3, -0.25) is 9.36 Å². The molecule has 0 N–H and O–H groups in total. The molecule has 0 saturated carbocycles. The molecule has 4 aromatic rings. The lowest BCUT2D eigenvalue weighted by Gasteiger charge is -2.15. The van der Waals surface area contributed by atoms with E-state index < -0.39 is 0 Å². The molecule has 0 aliphatic carbocycles. The lowest BCUT2D eigenvalue weighted by molar-refractivity contribution is 0.285. The van der Waals surface area contributed by atoms with Gasteiger partial charge in [0.1, 0.15) is 22.7 Å². The summed E-state index contributed by atoms with van der Waals surface area (Å²) in [7, 11) is 0. The van der Waals surface area contributed by atoms with Crippen LogP contribution in [-0.4, -0.2) is 24.5 Å². The lowest BCUT2D eigenvalue weighted by Crippen LogP contribution is -2.23. The first-order valence-corrected chi connectivity index (χ1v) is 12.2. The molecule has 0 radical (unpaired) electrons. The minimum absolute atomic E-state index is 0.221. The molecule has 0 aliphatic rings. The first-order chi connectivity index (χ1) is 15.7. The summed E-state index contributed by atoms with van der Waals surface area (Å²) in [6.45, 7) is 10.1. The molecule has 0 atom stereocenters. The number of aromatic nitrogens is 5. The van der Waals surface area contributed by atoms with E-state index in [9.17, 15) is 4.79 Å². The third-order valence-corrected chi connectivity index (χ3v) is 6.57. The van der Waals surface area contributed by atoms with Crippen molar-refractivity contribution in [3.05, 3.63) is 78.6 Å². The van der Waals surface area contributed by atoms with E-state index in [1.807, 2.05) is 49.7 Å². The second-order valence-electron chi connectivity index (χ2n) is 8.03. The van der Waals surface area contributed by atoms with Crippen LogP contribution in [0.2, 0.25) is 0 Å². The first-order valence-electron chi connectivity index (χ1n) is 10.5. The van der Waals surface area contributed by atoms with Crippen molar-refractivity contribution in [3.8, 4) is 22.8 Å². The molecule has 3 aromatic heterocycles. The molecule has 3 heterocycles. The Hall–Kier alpha value is -2.91. The highest BCUT2D eigenvalue weighted by molar-refractivity contribution is 9.10. The highest BCUT2D eigenvalue weighted by Crippen LogP contribution is 2.26. The molecule has 7 nitrogen and oxygen atoms in total. The van der Waals surface area contributed by atoms with Crippen LogP contribution >= 0.6 is 27.3 Å². The Morgan fingerprint density at radius 2 is 1.94 bits per heavy atom. The zero-order valence-electron chi connectivity index (χ0n) is 19.1. The summed E-state index contributed by atoms with van der Waals surface area (Å²) < 4.78 is 7.62. The molecule has 0 saturated heterocycles.